The highest BCUT2D eigenvalue weighted by Crippen LogP contribution is 2.40. The van der Waals surface area contributed by atoms with Crippen LogP contribution in [0, 0.1) is 37.8 Å². The third-order valence-corrected chi connectivity index (χ3v) is 4.61. The molecule has 0 saturated heterocycles. The van der Waals surface area contributed by atoms with Gasteiger partial charge in [-0.2, -0.15) is 0 Å². The molecule has 0 bridgehead atoms. The number of rotatable bonds is 8. The lowest BCUT2D eigenvalue weighted by molar-refractivity contribution is -0.383. The number of anilines is 3. The smallest absolute Gasteiger partial charge is 0.334 e. The minimum atomic E-state index is -0.322. The molecule has 1 N–H and O–H groups in total. The number of nitrogens with zero attached hydrogens (tertiary/aromatic N) is 3. The number of hydrogen-bond acceptors (Lipinski definition) is 5. The summed E-state index contributed by atoms with van der Waals surface area (Å²) in [6.07, 6.45) is 1.99. The van der Waals surface area contributed by atoms with Gasteiger partial charge in [-0.15, -0.1) is 0 Å². The molecule has 1 heterocycles. The fourth-order valence-electron chi connectivity index (χ4n) is 3.56. The van der Waals surface area contributed by atoms with Crippen LogP contribution in [0.25, 0.3) is 0 Å². The van der Waals surface area contributed by atoms with Crippen molar-refractivity contribution < 1.29 is 4.92 Å². The Labute approximate surface area is 161 Å². The summed E-state index contributed by atoms with van der Waals surface area (Å²) in [5.41, 5.74) is 5.69. The number of aryl methyl sites for hydroxylation is 4. The molecule has 2 aromatic rings. The molecule has 1 aromatic carbocycles. The number of benzene rings is 1. The topological polar surface area (TPSA) is 71.3 Å². The van der Waals surface area contributed by atoms with Crippen LogP contribution < -0.4 is 10.2 Å². The molecule has 0 saturated carbocycles. The Morgan fingerprint density at radius 1 is 1.11 bits per heavy atom. The van der Waals surface area contributed by atoms with E-state index in [-0.39, 0.29) is 10.6 Å². The number of hydrogen-bond donors (Lipinski definition) is 1. The van der Waals surface area contributed by atoms with Crippen molar-refractivity contribution >= 4 is 22.9 Å². The van der Waals surface area contributed by atoms with E-state index in [1.807, 2.05) is 32.6 Å². The van der Waals surface area contributed by atoms with Crippen molar-refractivity contribution in [3.05, 3.63) is 50.7 Å². The van der Waals surface area contributed by atoms with Gasteiger partial charge in [-0.1, -0.05) is 31.0 Å². The van der Waals surface area contributed by atoms with Gasteiger partial charge in [-0.05, 0) is 58.2 Å². The number of nitrogens with one attached hydrogen (secondary N) is 1. The second-order valence-electron chi connectivity index (χ2n) is 7.01. The SMILES string of the molecule is CCCCNc1cc(C)nc(N(CC)c2c(C)cc(C)cc2C)c1[N+](=O)[O-]. The van der Waals surface area contributed by atoms with Crippen molar-refractivity contribution in [2.75, 3.05) is 23.3 Å². The predicted molar refractivity (Wildman–Crippen MR) is 112 cm³/mol. The van der Waals surface area contributed by atoms with Crippen LogP contribution in [0.5, 0.6) is 0 Å². The molecule has 0 atom stereocenters. The van der Waals surface area contributed by atoms with Gasteiger partial charge in [-0.25, -0.2) is 4.98 Å². The van der Waals surface area contributed by atoms with E-state index in [0.29, 0.717) is 24.6 Å². The van der Waals surface area contributed by atoms with Crippen molar-refractivity contribution in [3.8, 4) is 0 Å². The molecular weight excluding hydrogens is 340 g/mol. The molecular formula is C21H30N4O2. The summed E-state index contributed by atoms with van der Waals surface area (Å²) in [5.74, 6) is 0.400. The summed E-state index contributed by atoms with van der Waals surface area (Å²) in [7, 11) is 0. The van der Waals surface area contributed by atoms with Crippen LogP contribution in [0.2, 0.25) is 0 Å². The van der Waals surface area contributed by atoms with Gasteiger partial charge in [0.15, 0.2) is 0 Å². The molecule has 0 aliphatic rings. The lowest BCUT2D eigenvalue weighted by Gasteiger charge is -2.27. The maximum absolute atomic E-state index is 12.0. The van der Waals surface area contributed by atoms with Gasteiger partial charge in [0.25, 0.3) is 0 Å². The Kier molecular flexibility index (Phi) is 6.77. The highest BCUT2D eigenvalue weighted by atomic mass is 16.6. The number of aromatic nitrogens is 1. The Morgan fingerprint density at radius 3 is 2.26 bits per heavy atom. The van der Waals surface area contributed by atoms with Gasteiger partial charge in [0.1, 0.15) is 5.69 Å². The van der Waals surface area contributed by atoms with Crippen LogP contribution in [0.3, 0.4) is 0 Å². The van der Waals surface area contributed by atoms with Crippen LogP contribution in [0.1, 0.15) is 49.1 Å². The zero-order chi connectivity index (χ0) is 20.1. The molecule has 6 nitrogen and oxygen atoms in total. The number of unbranched alkanes of at least 4 members (excludes halogenated alkanes) is 1. The molecule has 0 radical (unpaired) electrons. The van der Waals surface area contributed by atoms with Gasteiger partial charge in [0.05, 0.1) is 4.92 Å². The number of nitro groups is 1. The Balaban J connectivity index is 2.66. The summed E-state index contributed by atoms with van der Waals surface area (Å²) in [6.45, 7) is 13.4. The molecule has 0 fully saturated rings. The van der Waals surface area contributed by atoms with Crippen molar-refractivity contribution in [2.45, 2.75) is 54.4 Å². The maximum atomic E-state index is 12.0. The van der Waals surface area contributed by atoms with E-state index in [0.717, 1.165) is 35.3 Å². The summed E-state index contributed by atoms with van der Waals surface area (Å²) >= 11 is 0. The quantitative estimate of drug-likeness (QED) is 0.372. The first-order valence-corrected chi connectivity index (χ1v) is 9.55. The summed E-state index contributed by atoms with van der Waals surface area (Å²) in [6, 6.07) is 5.97. The minimum absolute atomic E-state index is 0.0397. The Bertz CT molecular complexity index is 810. The normalized spacial score (nSPS) is 10.7. The molecule has 0 aliphatic carbocycles. The monoisotopic (exact) mass is 370 g/mol. The highest BCUT2D eigenvalue weighted by Gasteiger charge is 2.28. The Hall–Kier alpha value is -2.63. The summed E-state index contributed by atoms with van der Waals surface area (Å²) < 4.78 is 0. The second kappa shape index (κ2) is 8.84. The van der Waals surface area contributed by atoms with E-state index >= 15 is 0 Å². The molecule has 0 unspecified atom stereocenters. The van der Waals surface area contributed by atoms with Crippen molar-refractivity contribution in [2.24, 2.45) is 0 Å². The first kappa shape index (κ1) is 20.7. The molecule has 146 valence electrons. The molecule has 6 heteroatoms. The maximum Gasteiger partial charge on any atom is 0.334 e. The van der Waals surface area contributed by atoms with E-state index in [4.69, 9.17) is 0 Å². The summed E-state index contributed by atoms with van der Waals surface area (Å²) in [4.78, 5) is 18.2. The zero-order valence-corrected chi connectivity index (χ0v) is 17.2. The van der Waals surface area contributed by atoms with E-state index in [1.165, 1.54) is 5.56 Å². The third-order valence-electron chi connectivity index (χ3n) is 4.61. The first-order chi connectivity index (χ1) is 12.8. The van der Waals surface area contributed by atoms with Crippen LogP contribution in [-0.2, 0) is 0 Å². The van der Waals surface area contributed by atoms with Crippen LogP contribution in [0.15, 0.2) is 18.2 Å². The zero-order valence-electron chi connectivity index (χ0n) is 17.2. The predicted octanol–water partition coefficient (Wildman–Crippen LogP) is 5.59. The standard InChI is InChI=1S/C21H30N4O2/c1-7-9-10-22-18-13-17(6)23-21(20(18)25(26)27)24(8-2)19-15(4)11-14(3)12-16(19)5/h11-13H,7-10H2,1-6H3,(H,22,23). The average molecular weight is 370 g/mol. The van der Waals surface area contributed by atoms with E-state index in [2.05, 4.69) is 36.3 Å². The van der Waals surface area contributed by atoms with Crippen LogP contribution in [-0.4, -0.2) is 23.0 Å². The van der Waals surface area contributed by atoms with Crippen molar-refractivity contribution in [1.29, 1.82) is 0 Å². The Morgan fingerprint density at radius 2 is 1.74 bits per heavy atom. The highest BCUT2D eigenvalue weighted by molar-refractivity contribution is 5.80. The lowest BCUT2D eigenvalue weighted by Crippen LogP contribution is -2.22. The van der Waals surface area contributed by atoms with Crippen LogP contribution >= 0.6 is 0 Å². The molecule has 0 amide bonds. The van der Waals surface area contributed by atoms with Crippen molar-refractivity contribution in [3.63, 3.8) is 0 Å². The molecule has 0 aliphatic heterocycles. The van der Waals surface area contributed by atoms with Gasteiger partial charge < -0.3 is 10.2 Å². The van der Waals surface area contributed by atoms with E-state index < -0.39 is 0 Å². The van der Waals surface area contributed by atoms with Gasteiger partial charge >= 0.3 is 5.69 Å². The van der Waals surface area contributed by atoms with Gasteiger partial charge in [-0.3, -0.25) is 10.1 Å². The van der Waals surface area contributed by atoms with E-state index in [1.54, 1.807) is 6.07 Å². The lowest BCUT2D eigenvalue weighted by atomic mass is 10.0. The third kappa shape index (κ3) is 4.56. The van der Waals surface area contributed by atoms with Crippen LogP contribution in [0.4, 0.5) is 22.9 Å². The minimum Gasteiger partial charge on any atom is -0.379 e. The molecule has 27 heavy (non-hydrogen) atoms. The molecule has 0 spiro atoms. The first-order valence-electron chi connectivity index (χ1n) is 9.55. The molecule has 2 rings (SSSR count). The van der Waals surface area contributed by atoms with E-state index in [9.17, 15) is 10.1 Å². The fraction of sp³-hybridized carbons (Fsp3) is 0.476. The van der Waals surface area contributed by atoms with Crippen molar-refractivity contribution in [1.82, 2.24) is 4.98 Å². The largest absolute Gasteiger partial charge is 0.379 e. The van der Waals surface area contributed by atoms with Gasteiger partial charge in [0.2, 0.25) is 5.82 Å². The average Bonchev–Trinajstić information content (AvgIpc) is 2.57. The second-order valence-corrected chi connectivity index (χ2v) is 7.01. The fourth-order valence-corrected chi connectivity index (χ4v) is 3.56. The number of pyridine rings is 1. The summed E-state index contributed by atoms with van der Waals surface area (Å²) in [5, 5.41) is 15.2. The molecule has 1 aromatic heterocycles. The van der Waals surface area contributed by atoms with Gasteiger partial charge in [0, 0.05) is 24.5 Å².